The van der Waals surface area contributed by atoms with Crippen molar-refractivity contribution in [2.45, 2.75) is 13.8 Å². The lowest BCUT2D eigenvalue weighted by Crippen LogP contribution is -2.17. The Balaban J connectivity index is 2.58. The Kier molecular flexibility index (Phi) is 3.66. The summed E-state index contributed by atoms with van der Waals surface area (Å²) in [5.41, 5.74) is 0.536. The van der Waals surface area contributed by atoms with Crippen molar-refractivity contribution in [1.29, 1.82) is 0 Å². The molecular weight excluding hydrogens is 199 g/mol. The van der Waals surface area contributed by atoms with Crippen LogP contribution >= 0.6 is 0 Å². The number of hydrogen-bond acceptors (Lipinski definition) is 2. The molecule has 0 aromatic heterocycles. The number of halogens is 1. The summed E-state index contributed by atoms with van der Waals surface area (Å²) in [5.74, 6) is -1.53. The maximum atomic E-state index is 13.1. The molecule has 0 fully saturated rings. The first kappa shape index (κ1) is 11.5. The number of benzene rings is 1. The van der Waals surface area contributed by atoms with Gasteiger partial charge in [0.15, 0.2) is 0 Å². The predicted molar refractivity (Wildman–Crippen MR) is 53.4 cm³/mol. The molecule has 0 heterocycles. The van der Waals surface area contributed by atoms with E-state index < -0.39 is 11.9 Å². The molecule has 0 saturated carbocycles. The molecule has 1 aromatic rings. The Morgan fingerprint density at radius 3 is 2.80 bits per heavy atom. The van der Waals surface area contributed by atoms with Crippen LogP contribution in [0.3, 0.4) is 0 Å². The van der Waals surface area contributed by atoms with Gasteiger partial charge in [0.1, 0.15) is 18.2 Å². The van der Waals surface area contributed by atoms with E-state index in [0.717, 1.165) is 0 Å². The van der Waals surface area contributed by atoms with E-state index in [1.807, 2.05) is 0 Å². The first-order valence-corrected chi connectivity index (χ1v) is 4.62. The van der Waals surface area contributed by atoms with Crippen molar-refractivity contribution in [3.8, 4) is 5.75 Å². The van der Waals surface area contributed by atoms with E-state index in [2.05, 4.69) is 0 Å². The van der Waals surface area contributed by atoms with E-state index in [9.17, 15) is 9.18 Å². The summed E-state index contributed by atoms with van der Waals surface area (Å²) in [6.07, 6.45) is 0. The molecule has 1 rings (SSSR count). The third-order valence-corrected chi connectivity index (χ3v) is 2.06. The van der Waals surface area contributed by atoms with Crippen LogP contribution < -0.4 is 4.74 Å². The molecule has 4 heteroatoms. The van der Waals surface area contributed by atoms with Crippen LogP contribution in [-0.2, 0) is 4.79 Å². The highest BCUT2D eigenvalue weighted by atomic mass is 19.1. The van der Waals surface area contributed by atoms with E-state index in [4.69, 9.17) is 9.84 Å². The van der Waals surface area contributed by atoms with Crippen molar-refractivity contribution in [1.82, 2.24) is 0 Å². The molecule has 0 aliphatic rings. The number of carboxylic acids is 1. The van der Waals surface area contributed by atoms with Crippen molar-refractivity contribution in [3.05, 3.63) is 29.6 Å². The smallest absolute Gasteiger partial charge is 0.309 e. The molecule has 0 amide bonds. The molecule has 1 N–H and O–H groups in total. The van der Waals surface area contributed by atoms with E-state index in [1.165, 1.54) is 13.0 Å². The lowest BCUT2D eigenvalue weighted by Gasteiger charge is -2.09. The fraction of sp³-hybridized carbons (Fsp3) is 0.364. The highest BCUT2D eigenvalue weighted by Crippen LogP contribution is 2.16. The molecule has 3 nitrogen and oxygen atoms in total. The second-order valence-corrected chi connectivity index (χ2v) is 3.46. The summed E-state index contributed by atoms with van der Waals surface area (Å²) in [4.78, 5) is 10.5. The Hall–Kier alpha value is -1.58. The first-order chi connectivity index (χ1) is 7.00. The Morgan fingerprint density at radius 2 is 2.27 bits per heavy atom. The van der Waals surface area contributed by atoms with Crippen LogP contribution in [0.4, 0.5) is 4.39 Å². The summed E-state index contributed by atoms with van der Waals surface area (Å²) in [7, 11) is 0. The minimum atomic E-state index is -0.928. The zero-order chi connectivity index (χ0) is 11.4. The second kappa shape index (κ2) is 4.77. The van der Waals surface area contributed by atoms with Crippen LogP contribution in [0.25, 0.3) is 0 Å². The molecule has 1 aromatic carbocycles. The van der Waals surface area contributed by atoms with Crippen LogP contribution in [0.5, 0.6) is 5.75 Å². The lowest BCUT2D eigenvalue weighted by atomic mass is 10.2. The average Bonchev–Trinajstić information content (AvgIpc) is 2.19. The van der Waals surface area contributed by atoms with Crippen LogP contribution in [0.15, 0.2) is 18.2 Å². The van der Waals surface area contributed by atoms with Crippen molar-refractivity contribution in [3.63, 3.8) is 0 Å². The summed E-state index contributed by atoms with van der Waals surface area (Å²) in [6.45, 7) is 3.23. The van der Waals surface area contributed by atoms with Crippen LogP contribution in [-0.4, -0.2) is 17.7 Å². The van der Waals surface area contributed by atoms with Gasteiger partial charge in [0.2, 0.25) is 0 Å². The Labute approximate surface area is 87.5 Å². The molecule has 0 aliphatic heterocycles. The van der Waals surface area contributed by atoms with Crippen molar-refractivity contribution >= 4 is 5.97 Å². The number of carboxylic acid groups (broad SMARTS) is 1. The van der Waals surface area contributed by atoms with E-state index in [-0.39, 0.29) is 12.4 Å². The summed E-state index contributed by atoms with van der Waals surface area (Å²) >= 11 is 0. The van der Waals surface area contributed by atoms with Gasteiger partial charge in [0.25, 0.3) is 0 Å². The average molecular weight is 212 g/mol. The Morgan fingerprint density at radius 1 is 1.60 bits per heavy atom. The highest BCUT2D eigenvalue weighted by molar-refractivity contribution is 5.69. The predicted octanol–water partition coefficient (Wildman–Crippen LogP) is 2.23. The largest absolute Gasteiger partial charge is 0.493 e. The number of hydrogen-bond donors (Lipinski definition) is 1. The fourth-order valence-electron chi connectivity index (χ4n) is 0.956. The normalized spacial score (nSPS) is 12.2. The zero-order valence-corrected chi connectivity index (χ0v) is 8.66. The standard InChI is InChI=1S/C11H13FO3/c1-7-3-4-9(5-10(7)12)15-6-8(2)11(13)14/h3-5,8H,6H2,1-2H3,(H,13,14)/t8-/m0/s1. The van der Waals surface area contributed by atoms with E-state index in [0.29, 0.717) is 11.3 Å². The topological polar surface area (TPSA) is 46.5 Å². The molecule has 0 unspecified atom stereocenters. The minimum absolute atomic E-state index is 0.0395. The van der Waals surface area contributed by atoms with Gasteiger partial charge >= 0.3 is 5.97 Å². The Bertz CT molecular complexity index is 363. The van der Waals surface area contributed by atoms with Crippen molar-refractivity contribution in [2.75, 3.05) is 6.61 Å². The maximum absolute atomic E-state index is 13.1. The van der Waals surface area contributed by atoms with E-state index in [1.54, 1.807) is 19.1 Å². The molecule has 0 spiro atoms. The lowest BCUT2D eigenvalue weighted by molar-refractivity contribution is -0.142. The van der Waals surface area contributed by atoms with E-state index >= 15 is 0 Å². The number of ether oxygens (including phenoxy) is 1. The molecule has 0 saturated heterocycles. The number of aryl methyl sites for hydroxylation is 1. The molecule has 15 heavy (non-hydrogen) atoms. The maximum Gasteiger partial charge on any atom is 0.309 e. The van der Waals surface area contributed by atoms with Gasteiger partial charge in [-0.25, -0.2) is 4.39 Å². The number of carbonyl (C=O) groups is 1. The van der Waals surface area contributed by atoms with Crippen LogP contribution in [0, 0.1) is 18.7 Å². The number of rotatable bonds is 4. The van der Waals surface area contributed by atoms with Crippen LogP contribution in [0.2, 0.25) is 0 Å². The monoisotopic (exact) mass is 212 g/mol. The molecule has 0 aliphatic carbocycles. The first-order valence-electron chi connectivity index (χ1n) is 4.62. The van der Waals surface area contributed by atoms with Gasteiger partial charge in [-0.3, -0.25) is 4.79 Å². The molecule has 0 radical (unpaired) electrons. The summed E-state index contributed by atoms with van der Waals surface area (Å²) in [6, 6.07) is 4.47. The minimum Gasteiger partial charge on any atom is -0.493 e. The molecular formula is C11H13FO3. The van der Waals surface area contributed by atoms with Crippen molar-refractivity contribution in [2.24, 2.45) is 5.92 Å². The van der Waals surface area contributed by atoms with Gasteiger partial charge in [0.05, 0.1) is 5.92 Å². The quantitative estimate of drug-likeness (QED) is 0.832. The molecule has 1 atom stereocenters. The van der Waals surface area contributed by atoms with Crippen LogP contribution in [0.1, 0.15) is 12.5 Å². The molecule has 0 bridgehead atoms. The van der Waals surface area contributed by atoms with Gasteiger partial charge in [-0.2, -0.15) is 0 Å². The van der Waals surface area contributed by atoms with Gasteiger partial charge in [0, 0.05) is 6.07 Å². The third kappa shape index (κ3) is 3.23. The summed E-state index contributed by atoms with van der Waals surface area (Å²) in [5, 5.41) is 8.60. The SMILES string of the molecule is Cc1ccc(OC[C@H](C)C(=O)O)cc1F. The summed E-state index contributed by atoms with van der Waals surface area (Å²) < 4.78 is 18.2. The van der Waals surface area contributed by atoms with Gasteiger partial charge < -0.3 is 9.84 Å². The zero-order valence-electron chi connectivity index (χ0n) is 8.66. The third-order valence-electron chi connectivity index (χ3n) is 2.06. The molecule has 82 valence electrons. The fourth-order valence-corrected chi connectivity index (χ4v) is 0.956. The second-order valence-electron chi connectivity index (χ2n) is 3.46. The van der Waals surface area contributed by atoms with Gasteiger partial charge in [-0.1, -0.05) is 6.07 Å². The highest BCUT2D eigenvalue weighted by Gasteiger charge is 2.11. The van der Waals surface area contributed by atoms with Gasteiger partial charge in [-0.15, -0.1) is 0 Å². The number of aliphatic carboxylic acids is 1. The van der Waals surface area contributed by atoms with Gasteiger partial charge in [-0.05, 0) is 25.5 Å². The van der Waals surface area contributed by atoms with Crippen molar-refractivity contribution < 1.29 is 19.0 Å².